The second-order valence-corrected chi connectivity index (χ2v) is 7.18. The van der Waals surface area contributed by atoms with Crippen molar-refractivity contribution >= 4 is 34.3 Å². The van der Waals surface area contributed by atoms with E-state index in [1.54, 1.807) is 25.1 Å². The fourth-order valence-electron chi connectivity index (χ4n) is 3.61. The molecule has 0 spiro atoms. The van der Waals surface area contributed by atoms with Gasteiger partial charge in [0.25, 0.3) is 5.91 Å². The minimum Gasteiger partial charge on any atom is -0.450 e. The molecule has 5 rings (SSSR count). The van der Waals surface area contributed by atoms with Crippen molar-refractivity contribution in [2.75, 3.05) is 4.90 Å². The summed E-state index contributed by atoms with van der Waals surface area (Å²) < 4.78 is 24.4. The number of hydrogen-bond acceptors (Lipinski definition) is 5. The number of hydrogen-bond donors (Lipinski definition) is 0. The number of benzene rings is 2. The Kier molecular flexibility index (Phi) is 3.82. The van der Waals surface area contributed by atoms with Crippen LogP contribution in [0.2, 0.25) is 5.02 Å². The predicted molar refractivity (Wildman–Crippen MR) is 104 cm³/mol. The Labute approximate surface area is 168 Å². The van der Waals surface area contributed by atoms with Gasteiger partial charge in [-0.25, -0.2) is 4.39 Å². The number of carbonyl (C=O) groups is 1. The topological polar surface area (TPSA) is 76.6 Å². The summed E-state index contributed by atoms with van der Waals surface area (Å²) >= 11 is 6.05. The Hall–Kier alpha value is -3.45. The summed E-state index contributed by atoms with van der Waals surface area (Å²) in [5.74, 6) is -0.316. The van der Waals surface area contributed by atoms with Crippen molar-refractivity contribution in [2.24, 2.45) is 0 Å². The molecule has 0 radical (unpaired) electrons. The SMILES string of the molecule is Cc1cc(N2C(=O)c3oc4ccc(Cl)cc4c(=O)c3[C@@H]2c2ccc(F)cc2)no1. The zero-order valence-electron chi connectivity index (χ0n) is 15.0. The fraction of sp³-hybridized carbons (Fsp3) is 0.0952. The quantitative estimate of drug-likeness (QED) is 0.481. The van der Waals surface area contributed by atoms with Crippen LogP contribution in [-0.2, 0) is 0 Å². The van der Waals surface area contributed by atoms with Gasteiger partial charge in [0.05, 0.1) is 17.0 Å². The van der Waals surface area contributed by atoms with Crippen molar-refractivity contribution in [2.45, 2.75) is 13.0 Å². The number of fused-ring (bicyclic) bond motifs is 2. The third-order valence-electron chi connectivity index (χ3n) is 4.88. The number of carbonyl (C=O) groups excluding carboxylic acids is 1. The van der Waals surface area contributed by atoms with Gasteiger partial charge < -0.3 is 8.94 Å². The van der Waals surface area contributed by atoms with Gasteiger partial charge in [0.2, 0.25) is 5.76 Å². The van der Waals surface area contributed by atoms with Gasteiger partial charge in [-0.15, -0.1) is 0 Å². The van der Waals surface area contributed by atoms with Crippen LogP contribution in [0.25, 0.3) is 11.0 Å². The first-order valence-corrected chi connectivity index (χ1v) is 9.10. The van der Waals surface area contributed by atoms with Crippen LogP contribution in [0.4, 0.5) is 10.2 Å². The molecule has 2 aromatic heterocycles. The molecule has 1 aliphatic heterocycles. The van der Waals surface area contributed by atoms with Crippen LogP contribution >= 0.6 is 11.6 Å². The smallest absolute Gasteiger partial charge is 0.296 e. The molecule has 8 heteroatoms. The summed E-state index contributed by atoms with van der Waals surface area (Å²) in [6.07, 6.45) is 0. The molecule has 0 saturated heterocycles. The van der Waals surface area contributed by atoms with Crippen molar-refractivity contribution in [3.8, 4) is 0 Å². The lowest BCUT2D eigenvalue weighted by atomic mass is 9.98. The molecule has 0 fully saturated rings. The van der Waals surface area contributed by atoms with Gasteiger partial charge in [0.15, 0.2) is 11.2 Å². The van der Waals surface area contributed by atoms with E-state index in [2.05, 4.69) is 5.16 Å². The molecule has 2 aromatic carbocycles. The minimum atomic E-state index is -0.845. The van der Waals surface area contributed by atoms with Crippen molar-refractivity contribution < 1.29 is 18.1 Å². The van der Waals surface area contributed by atoms with E-state index in [-0.39, 0.29) is 33.5 Å². The van der Waals surface area contributed by atoms with Crippen LogP contribution in [0, 0.1) is 12.7 Å². The van der Waals surface area contributed by atoms with E-state index in [0.717, 1.165) is 0 Å². The molecule has 6 nitrogen and oxygen atoms in total. The van der Waals surface area contributed by atoms with Crippen LogP contribution in [0.1, 0.15) is 33.5 Å². The van der Waals surface area contributed by atoms with Gasteiger partial charge in [-0.3, -0.25) is 14.5 Å². The molecule has 3 heterocycles. The molecular formula is C21H12ClFN2O4. The summed E-state index contributed by atoms with van der Waals surface area (Å²) in [5.41, 5.74) is 0.557. The van der Waals surface area contributed by atoms with Crippen molar-refractivity contribution in [1.29, 1.82) is 0 Å². The number of aromatic nitrogens is 1. The molecule has 0 aliphatic carbocycles. The minimum absolute atomic E-state index is 0.0835. The Morgan fingerprint density at radius 3 is 2.55 bits per heavy atom. The average molecular weight is 411 g/mol. The molecule has 0 saturated carbocycles. The maximum absolute atomic E-state index is 13.5. The van der Waals surface area contributed by atoms with Crippen LogP contribution in [0.15, 0.2) is 62.3 Å². The number of halogens is 2. The van der Waals surface area contributed by atoms with E-state index >= 15 is 0 Å². The highest BCUT2D eigenvalue weighted by atomic mass is 35.5. The molecule has 1 amide bonds. The first-order chi connectivity index (χ1) is 13.9. The average Bonchev–Trinajstić information content (AvgIpc) is 3.25. The van der Waals surface area contributed by atoms with Gasteiger partial charge in [-0.2, -0.15) is 0 Å². The predicted octanol–water partition coefficient (Wildman–Crippen LogP) is 4.63. The van der Waals surface area contributed by atoms with Gasteiger partial charge in [0, 0.05) is 11.1 Å². The standard InChI is InChI=1S/C21H12ClFN2O4/c1-10-8-16(24-29-10)25-18(11-2-5-13(23)6-3-11)17-19(26)14-9-12(22)4-7-15(14)28-20(17)21(25)27/h2-9,18H,1H3/t18-/m0/s1. The van der Waals surface area contributed by atoms with E-state index in [0.29, 0.717) is 16.3 Å². The van der Waals surface area contributed by atoms with Crippen LogP contribution in [0.3, 0.4) is 0 Å². The van der Waals surface area contributed by atoms with Gasteiger partial charge >= 0.3 is 0 Å². The number of nitrogens with zero attached hydrogens (tertiary/aromatic N) is 2. The van der Waals surface area contributed by atoms with Crippen LogP contribution in [0.5, 0.6) is 0 Å². The van der Waals surface area contributed by atoms with E-state index in [1.807, 2.05) is 0 Å². The lowest BCUT2D eigenvalue weighted by molar-refractivity contribution is 0.0969. The van der Waals surface area contributed by atoms with Gasteiger partial charge in [-0.1, -0.05) is 28.9 Å². The Morgan fingerprint density at radius 1 is 1.10 bits per heavy atom. The highest BCUT2D eigenvalue weighted by Gasteiger charge is 2.44. The first kappa shape index (κ1) is 17.6. The summed E-state index contributed by atoms with van der Waals surface area (Å²) in [6, 6.07) is 10.9. The summed E-state index contributed by atoms with van der Waals surface area (Å²) in [7, 11) is 0. The van der Waals surface area contributed by atoms with Crippen molar-refractivity contribution in [3.05, 3.63) is 92.2 Å². The number of anilines is 1. The van der Waals surface area contributed by atoms with Gasteiger partial charge in [-0.05, 0) is 42.8 Å². The number of amides is 1. The number of rotatable bonds is 2. The monoisotopic (exact) mass is 410 g/mol. The Bertz CT molecular complexity index is 1340. The van der Waals surface area contributed by atoms with Gasteiger partial charge in [0.1, 0.15) is 17.2 Å². The molecule has 29 heavy (non-hydrogen) atoms. The molecule has 1 aliphatic rings. The van der Waals surface area contributed by atoms with E-state index in [4.69, 9.17) is 20.5 Å². The largest absolute Gasteiger partial charge is 0.450 e. The summed E-state index contributed by atoms with van der Waals surface area (Å²) in [4.78, 5) is 27.9. The zero-order chi connectivity index (χ0) is 20.3. The molecule has 1 atom stereocenters. The van der Waals surface area contributed by atoms with E-state index in [1.165, 1.54) is 35.2 Å². The summed E-state index contributed by atoms with van der Waals surface area (Å²) in [5, 5.41) is 4.56. The normalized spacial score (nSPS) is 15.9. The van der Waals surface area contributed by atoms with E-state index < -0.39 is 17.8 Å². The molecule has 144 valence electrons. The summed E-state index contributed by atoms with van der Waals surface area (Å²) in [6.45, 7) is 1.69. The maximum atomic E-state index is 13.5. The van der Waals surface area contributed by atoms with Crippen LogP contribution in [-0.4, -0.2) is 11.1 Å². The molecule has 4 aromatic rings. The lowest BCUT2D eigenvalue weighted by Crippen LogP contribution is -2.29. The van der Waals surface area contributed by atoms with Crippen LogP contribution < -0.4 is 10.3 Å². The second-order valence-electron chi connectivity index (χ2n) is 6.74. The van der Waals surface area contributed by atoms with Crippen molar-refractivity contribution in [3.63, 3.8) is 0 Å². The second kappa shape index (κ2) is 6.28. The van der Waals surface area contributed by atoms with Crippen molar-refractivity contribution in [1.82, 2.24) is 5.16 Å². The lowest BCUT2D eigenvalue weighted by Gasteiger charge is -2.22. The molecule has 0 N–H and O–H groups in total. The molecular weight excluding hydrogens is 399 g/mol. The molecule has 0 unspecified atom stereocenters. The highest BCUT2D eigenvalue weighted by molar-refractivity contribution is 6.31. The number of aryl methyl sites for hydroxylation is 1. The maximum Gasteiger partial charge on any atom is 0.296 e. The Balaban J connectivity index is 1.83. The third-order valence-corrected chi connectivity index (χ3v) is 5.12. The highest BCUT2D eigenvalue weighted by Crippen LogP contribution is 2.41. The first-order valence-electron chi connectivity index (χ1n) is 8.72. The fourth-order valence-corrected chi connectivity index (χ4v) is 3.78. The van der Waals surface area contributed by atoms with E-state index in [9.17, 15) is 14.0 Å². The Morgan fingerprint density at radius 2 is 1.86 bits per heavy atom. The zero-order valence-corrected chi connectivity index (χ0v) is 15.7. The third kappa shape index (κ3) is 2.66. The molecule has 0 bridgehead atoms.